The Morgan fingerprint density at radius 3 is 2.64 bits per heavy atom. The van der Waals surface area contributed by atoms with Crippen LogP contribution in [0.2, 0.25) is 0 Å². The molecular formula is C17H15FN2O2. The number of aromatic nitrogens is 2. The highest BCUT2D eigenvalue weighted by atomic mass is 19.1. The van der Waals surface area contributed by atoms with Crippen molar-refractivity contribution in [3.05, 3.63) is 53.5 Å². The molecule has 0 bridgehead atoms. The molecule has 1 heterocycles. The Balaban J connectivity index is 1.99. The van der Waals surface area contributed by atoms with E-state index in [0.29, 0.717) is 0 Å². The minimum atomic E-state index is -0.383. The summed E-state index contributed by atoms with van der Waals surface area (Å²) in [5.41, 5.74) is 2.48. The summed E-state index contributed by atoms with van der Waals surface area (Å²) in [6.07, 6.45) is 3.71. The Morgan fingerprint density at radius 2 is 1.86 bits per heavy atom. The molecule has 0 atom stereocenters. The fraction of sp³-hybridized carbons (Fsp3) is 0.118. The van der Waals surface area contributed by atoms with Crippen LogP contribution in [-0.2, 0) is 0 Å². The number of H-pyrrole nitrogens is 1. The molecule has 0 saturated carbocycles. The number of ether oxygens (including phenoxy) is 2. The maximum Gasteiger partial charge on any atom is 0.165 e. The lowest BCUT2D eigenvalue weighted by molar-refractivity contribution is 0.386. The lowest BCUT2D eigenvalue weighted by atomic mass is 10.1. The molecule has 1 N–H and O–H groups in total. The zero-order chi connectivity index (χ0) is 15.5. The van der Waals surface area contributed by atoms with Gasteiger partial charge in [-0.3, -0.25) is 5.10 Å². The third kappa shape index (κ3) is 2.53. The van der Waals surface area contributed by atoms with Crippen LogP contribution < -0.4 is 9.47 Å². The van der Waals surface area contributed by atoms with Crippen molar-refractivity contribution in [2.45, 2.75) is 0 Å². The van der Waals surface area contributed by atoms with Crippen molar-refractivity contribution >= 4 is 23.1 Å². The third-order valence-corrected chi connectivity index (χ3v) is 3.41. The summed E-state index contributed by atoms with van der Waals surface area (Å²) < 4.78 is 23.8. The Morgan fingerprint density at radius 1 is 1.05 bits per heavy atom. The van der Waals surface area contributed by atoms with Crippen LogP contribution in [0.3, 0.4) is 0 Å². The second-order valence-corrected chi connectivity index (χ2v) is 4.72. The molecule has 0 aliphatic carbocycles. The van der Waals surface area contributed by atoms with Crippen molar-refractivity contribution in [3.63, 3.8) is 0 Å². The Bertz CT molecular complexity index is 840. The lowest BCUT2D eigenvalue weighted by Gasteiger charge is -2.03. The molecule has 0 fully saturated rings. The molecule has 1 aromatic heterocycles. The molecule has 3 rings (SSSR count). The van der Waals surface area contributed by atoms with Crippen LogP contribution in [0.1, 0.15) is 11.3 Å². The number of nitrogens with zero attached hydrogens (tertiary/aromatic N) is 1. The van der Waals surface area contributed by atoms with Crippen LogP contribution in [0.25, 0.3) is 23.1 Å². The normalized spacial score (nSPS) is 11.2. The fourth-order valence-corrected chi connectivity index (χ4v) is 2.31. The van der Waals surface area contributed by atoms with Crippen LogP contribution in [0.15, 0.2) is 36.4 Å². The number of fused-ring (bicyclic) bond motifs is 1. The van der Waals surface area contributed by atoms with Gasteiger partial charge in [0.05, 0.1) is 30.8 Å². The Kier molecular flexibility index (Phi) is 3.78. The van der Waals surface area contributed by atoms with Gasteiger partial charge in [-0.1, -0.05) is 18.2 Å². The molecular weight excluding hydrogens is 283 g/mol. The minimum Gasteiger partial charge on any atom is -0.496 e. The zero-order valence-electron chi connectivity index (χ0n) is 12.3. The minimum absolute atomic E-state index is 0.214. The smallest absolute Gasteiger partial charge is 0.165 e. The van der Waals surface area contributed by atoms with E-state index in [9.17, 15) is 4.39 Å². The number of nitrogens with one attached hydrogen (secondary N) is 1. The number of benzene rings is 2. The molecule has 0 aliphatic rings. The molecule has 0 spiro atoms. The number of aromatic amines is 1. The highest BCUT2D eigenvalue weighted by Gasteiger charge is 2.08. The van der Waals surface area contributed by atoms with Gasteiger partial charge in [-0.25, -0.2) is 4.39 Å². The second-order valence-electron chi connectivity index (χ2n) is 4.72. The van der Waals surface area contributed by atoms with Crippen molar-refractivity contribution in [2.24, 2.45) is 0 Å². The van der Waals surface area contributed by atoms with E-state index in [1.165, 1.54) is 13.2 Å². The molecule has 3 aromatic rings. The number of hydrogen-bond acceptors (Lipinski definition) is 3. The Hall–Kier alpha value is -2.82. The van der Waals surface area contributed by atoms with E-state index in [1.807, 2.05) is 30.4 Å². The van der Waals surface area contributed by atoms with Gasteiger partial charge in [0.15, 0.2) is 11.6 Å². The molecule has 0 amide bonds. The summed E-state index contributed by atoms with van der Waals surface area (Å²) in [5.74, 6) is 0.584. The highest BCUT2D eigenvalue weighted by molar-refractivity contribution is 5.94. The summed E-state index contributed by atoms with van der Waals surface area (Å²) in [6.45, 7) is 0. The van der Waals surface area contributed by atoms with Gasteiger partial charge < -0.3 is 9.47 Å². The van der Waals surface area contributed by atoms with Crippen molar-refractivity contribution in [3.8, 4) is 11.5 Å². The van der Waals surface area contributed by atoms with Gasteiger partial charge in [-0.2, -0.15) is 5.10 Å². The molecule has 22 heavy (non-hydrogen) atoms. The van der Waals surface area contributed by atoms with Gasteiger partial charge in [0.25, 0.3) is 0 Å². The third-order valence-electron chi connectivity index (χ3n) is 3.41. The molecule has 0 aliphatic heterocycles. The topological polar surface area (TPSA) is 47.1 Å². The summed E-state index contributed by atoms with van der Waals surface area (Å²) >= 11 is 0. The predicted octanol–water partition coefficient (Wildman–Crippen LogP) is 3.89. The maximum atomic E-state index is 13.4. The van der Waals surface area contributed by atoms with E-state index in [1.54, 1.807) is 19.2 Å². The summed E-state index contributed by atoms with van der Waals surface area (Å²) in [5, 5.41) is 8.16. The van der Waals surface area contributed by atoms with E-state index in [-0.39, 0.29) is 11.6 Å². The first-order valence-corrected chi connectivity index (χ1v) is 6.75. The van der Waals surface area contributed by atoms with Crippen LogP contribution in [0.4, 0.5) is 4.39 Å². The van der Waals surface area contributed by atoms with Crippen LogP contribution >= 0.6 is 0 Å². The van der Waals surface area contributed by atoms with Gasteiger partial charge in [-0.15, -0.1) is 0 Å². The molecule has 5 heteroatoms. The van der Waals surface area contributed by atoms with E-state index in [4.69, 9.17) is 9.47 Å². The van der Waals surface area contributed by atoms with E-state index in [0.717, 1.165) is 27.9 Å². The van der Waals surface area contributed by atoms with Crippen LogP contribution in [-0.4, -0.2) is 24.4 Å². The predicted molar refractivity (Wildman–Crippen MR) is 84.5 cm³/mol. The molecule has 0 radical (unpaired) electrons. The largest absolute Gasteiger partial charge is 0.496 e. The maximum absolute atomic E-state index is 13.4. The van der Waals surface area contributed by atoms with E-state index in [2.05, 4.69) is 10.2 Å². The van der Waals surface area contributed by atoms with Crippen molar-refractivity contribution in [1.82, 2.24) is 10.2 Å². The lowest BCUT2D eigenvalue weighted by Crippen LogP contribution is -1.88. The number of halogens is 1. The molecule has 0 unspecified atom stereocenters. The van der Waals surface area contributed by atoms with E-state index >= 15 is 0 Å². The van der Waals surface area contributed by atoms with Crippen molar-refractivity contribution in [2.75, 3.05) is 14.2 Å². The van der Waals surface area contributed by atoms with Crippen molar-refractivity contribution in [1.29, 1.82) is 0 Å². The molecule has 2 aromatic carbocycles. The number of hydrogen-bond donors (Lipinski definition) is 1. The van der Waals surface area contributed by atoms with Crippen LogP contribution in [0, 0.1) is 5.82 Å². The molecule has 4 nitrogen and oxygen atoms in total. The number of methoxy groups -OCH3 is 2. The SMILES string of the molecule is COc1cc(/C=C/c2n[nH]c3cccc(OC)c23)ccc1F. The molecule has 0 saturated heterocycles. The van der Waals surface area contributed by atoms with Crippen LogP contribution in [0.5, 0.6) is 11.5 Å². The van der Waals surface area contributed by atoms with Gasteiger partial charge in [0.2, 0.25) is 0 Å². The fourth-order valence-electron chi connectivity index (χ4n) is 2.31. The van der Waals surface area contributed by atoms with Crippen molar-refractivity contribution < 1.29 is 13.9 Å². The van der Waals surface area contributed by atoms with Gasteiger partial charge in [-0.05, 0) is 35.9 Å². The van der Waals surface area contributed by atoms with Gasteiger partial charge in [0.1, 0.15) is 5.75 Å². The average molecular weight is 298 g/mol. The first-order valence-electron chi connectivity index (χ1n) is 6.75. The molecule has 112 valence electrons. The van der Waals surface area contributed by atoms with E-state index < -0.39 is 0 Å². The van der Waals surface area contributed by atoms with Gasteiger partial charge in [0, 0.05) is 0 Å². The summed E-state index contributed by atoms with van der Waals surface area (Å²) in [4.78, 5) is 0. The Labute approximate surface area is 127 Å². The first-order chi connectivity index (χ1) is 10.7. The first kappa shape index (κ1) is 14.1. The summed E-state index contributed by atoms with van der Waals surface area (Å²) in [7, 11) is 3.07. The monoisotopic (exact) mass is 298 g/mol. The second kappa shape index (κ2) is 5.89. The standard InChI is InChI=1S/C17H15FN2O2/c1-21-15-5-3-4-13-17(15)14(20-19-13)9-7-11-6-8-12(18)16(10-11)22-2/h3-10H,1-2H3,(H,19,20)/b9-7+. The highest BCUT2D eigenvalue weighted by Crippen LogP contribution is 2.28. The zero-order valence-corrected chi connectivity index (χ0v) is 12.3. The van der Waals surface area contributed by atoms with Gasteiger partial charge >= 0.3 is 0 Å². The quantitative estimate of drug-likeness (QED) is 0.795. The average Bonchev–Trinajstić information content (AvgIpc) is 2.97. The number of rotatable bonds is 4. The summed E-state index contributed by atoms with van der Waals surface area (Å²) in [6, 6.07) is 10.4.